The van der Waals surface area contributed by atoms with Crippen molar-refractivity contribution in [1.82, 2.24) is 14.9 Å². The molecule has 1 heterocycles. The van der Waals surface area contributed by atoms with Crippen molar-refractivity contribution in [2.24, 2.45) is 0 Å². The molecule has 0 saturated carbocycles. The first-order valence-corrected chi connectivity index (χ1v) is 9.79. The van der Waals surface area contributed by atoms with E-state index in [1.807, 2.05) is 31.2 Å². The minimum Gasteiger partial charge on any atom is -0.460 e. The fraction of sp³-hybridized carbons (Fsp3) is 0.450. The zero-order valence-electron chi connectivity index (χ0n) is 16.8. The first kappa shape index (κ1) is 21.9. The lowest BCUT2D eigenvalue weighted by Gasteiger charge is -2.33. The lowest BCUT2D eigenvalue weighted by atomic mass is 9.92. The number of carbonyl (C=O) groups is 2. The lowest BCUT2D eigenvalue weighted by molar-refractivity contribution is 0.0447. The summed E-state index contributed by atoms with van der Waals surface area (Å²) in [4.78, 5) is 28.8. The van der Waals surface area contributed by atoms with E-state index in [4.69, 9.17) is 9.47 Å². The van der Waals surface area contributed by atoms with Crippen LogP contribution in [0.4, 0.5) is 4.79 Å². The Kier molecular flexibility index (Phi) is 6.87. The van der Waals surface area contributed by atoms with Crippen LogP contribution in [0.5, 0.6) is 0 Å². The monoisotopic (exact) mass is 451 g/mol. The van der Waals surface area contributed by atoms with Crippen LogP contribution in [0.15, 0.2) is 41.1 Å². The Balaban J connectivity index is 2.38. The maximum absolute atomic E-state index is 12.5. The van der Waals surface area contributed by atoms with Crippen molar-refractivity contribution < 1.29 is 19.1 Å². The van der Waals surface area contributed by atoms with Crippen LogP contribution in [0, 0.1) is 0 Å². The molecule has 1 atom stereocenters. The second kappa shape index (κ2) is 8.77. The molecule has 2 aromatic rings. The molecule has 8 heteroatoms. The molecule has 1 aromatic heterocycles. The Morgan fingerprint density at radius 3 is 2.57 bits per heavy atom. The summed E-state index contributed by atoms with van der Waals surface area (Å²) >= 11 is 3.47. The van der Waals surface area contributed by atoms with E-state index in [1.165, 1.54) is 6.20 Å². The minimum absolute atomic E-state index is 0.175. The predicted octanol–water partition coefficient (Wildman–Crippen LogP) is 4.26. The third-order valence-electron chi connectivity index (χ3n) is 3.90. The van der Waals surface area contributed by atoms with Crippen LogP contribution in [-0.2, 0) is 21.6 Å². The number of rotatable bonds is 6. The SMILES string of the molecule is CCOC(=O)c1nccn1CC(C)(NC(=O)OC(C)(C)C)c1cccc(Br)c1. The first-order valence-electron chi connectivity index (χ1n) is 8.99. The van der Waals surface area contributed by atoms with E-state index in [0.29, 0.717) is 0 Å². The smallest absolute Gasteiger partial charge is 0.408 e. The number of alkyl carbamates (subject to hydrolysis) is 1. The highest BCUT2D eigenvalue weighted by atomic mass is 79.9. The number of nitrogens with one attached hydrogen (secondary N) is 1. The van der Waals surface area contributed by atoms with E-state index < -0.39 is 23.2 Å². The molecule has 0 fully saturated rings. The summed E-state index contributed by atoms with van der Waals surface area (Å²) in [5, 5.41) is 2.95. The molecule has 0 spiro atoms. The van der Waals surface area contributed by atoms with Gasteiger partial charge >= 0.3 is 12.1 Å². The number of halogens is 1. The van der Waals surface area contributed by atoms with E-state index in [0.717, 1.165) is 10.0 Å². The second-order valence-corrected chi connectivity index (χ2v) is 8.48. The van der Waals surface area contributed by atoms with Crippen molar-refractivity contribution in [3.63, 3.8) is 0 Å². The number of carbonyl (C=O) groups excluding carboxylic acids is 2. The average molecular weight is 452 g/mol. The molecule has 0 bridgehead atoms. The summed E-state index contributed by atoms with van der Waals surface area (Å²) in [7, 11) is 0. The Bertz CT molecular complexity index is 844. The van der Waals surface area contributed by atoms with Gasteiger partial charge in [0, 0.05) is 16.9 Å². The van der Waals surface area contributed by atoms with Crippen molar-refractivity contribution in [2.75, 3.05) is 6.61 Å². The number of nitrogens with zero attached hydrogens (tertiary/aromatic N) is 2. The van der Waals surface area contributed by atoms with Gasteiger partial charge in [-0.25, -0.2) is 14.6 Å². The van der Waals surface area contributed by atoms with E-state index in [1.54, 1.807) is 38.5 Å². The van der Waals surface area contributed by atoms with Crippen LogP contribution in [0.3, 0.4) is 0 Å². The van der Waals surface area contributed by atoms with E-state index >= 15 is 0 Å². The predicted molar refractivity (Wildman–Crippen MR) is 109 cm³/mol. The summed E-state index contributed by atoms with van der Waals surface area (Å²) in [5.41, 5.74) is -0.655. The van der Waals surface area contributed by atoms with Crippen LogP contribution < -0.4 is 5.32 Å². The summed E-state index contributed by atoms with van der Waals surface area (Å²) in [6, 6.07) is 7.61. The lowest BCUT2D eigenvalue weighted by Crippen LogP contribution is -2.48. The van der Waals surface area contributed by atoms with Crippen LogP contribution >= 0.6 is 15.9 Å². The number of amides is 1. The standard InChI is InChI=1S/C20H26BrN3O4/c1-6-27-17(25)16-22-10-11-24(16)13-20(5,14-8-7-9-15(21)12-14)23-18(26)28-19(2,3)4/h7-12H,6,13H2,1-5H3,(H,23,26). The van der Waals surface area contributed by atoms with Gasteiger partial charge in [0.15, 0.2) is 0 Å². The number of hydrogen-bond acceptors (Lipinski definition) is 5. The third kappa shape index (κ3) is 5.82. The van der Waals surface area contributed by atoms with Gasteiger partial charge in [-0.15, -0.1) is 0 Å². The van der Waals surface area contributed by atoms with Gasteiger partial charge in [0.2, 0.25) is 5.82 Å². The molecule has 0 aliphatic carbocycles. The van der Waals surface area contributed by atoms with Crippen molar-refractivity contribution in [3.05, 3.63) is 52.5 Å². The fourth-order valence-corrected chi connectivity index (χ4v) is 3.13. The Hall–Kier alpha value is -2.35. The van der Waals surface area contributed by atoms with Gasteiger partial charge in [-0.3, -0.25) is 0 Å². The highest BCUT2D eigenvalue weighted by Crippen LogP contribution is 2.27. The third-order valence-corrected chi connectivity index (χ3v) is 4.39. The summed E-state index contributed by atoms with van der Waals surface area (Å²) < 4.78 is 13.1. The number of aromatic nitrogens is 2. The molecule has 1 unspecified atom stereocenters. The highest BCUT2D eigenvalue weighted by Gasteiger charge is 2.33. The quantitative estimate of drug-likeness (QED) is 0.663. The van der Waals surface area contributed by atoms with E-state index in [2.05, 4.69) is 26.2 Å². The van der Waals surface area contributed by atoms with E-state index in [-0.39, 0.29) is 19.0 Å². The molecule has 0 aliphatic heterocycles. The molecule has 0 saturated heterocycles. The van der Waals surface area contributed by atoms with Crippen LogP contribution in [-0.4, -0.2) is 33.8 Å². The number of imidazole rings is 1. The van der Waals surface area contributed by atoms with Crippen LogP contribution in [0.1, 0.15) is 50.8 Å². The van der Waals surface area contributed by atoms with Gasteiger partial charge in [0.25, 0.3) is 0 Å². The van der Waals surface area contributed by atoms with Crippen molar-refractivity contribution in [3.8, 4) is 0 Å². The van der Waals surface area contributed by atoms with Gasteiger partial charge in [0.05, 0.1) is 18.7 Å². The zero-order valence-corrected chi connectivity index (χ0v) is 18.4. The Labute approximate surface area is 173 Å². The molecule has 1 aromatic carbocycles. The Morgan fingerprint density at radius 1 is 1.25 bits per heavy atom. The molecule has 7 nitrogen and oxygen atoms in total. The number of esters is 1. The molecule has 0 aliphatic rings. The van der Waals surface area contributed by atoms with Crippen molar-refractivity contribution in [2.45, 2.75) is 52.3 Å². The number of ether oxygens (including phenoxy) is 2. The molecular formula is C20H26BrN3O4. The highest BCUT2D eigenvalue weighted by molar-refractivity contribution is 9.10. The molecule has 2 rings (SSSR count). The summed E-state index contributed by atoms with van der Waals surface area (Å²) in [6.45, 7) is 9.53. The zero-order chi connectivity index (χ0) is 20.9. The van der Waals surface area contributed by atoms with Crippen molar-refractivity contribution in [1.29, 1.82) is 0 Å². The summed E-state index contributed by atoms with van der Waals surface area (Å²) in [5.74, 6) is -0.338. The normalized spacial score (nSPS) is 13.5. The fourth-order valence-electron chi connectivity index (χ4n) is 2.73. The van der Waals surface area contributed by atoms with Gasteiger partial charge in [0.1, 0.15) is 5.60 Å². The second-order valence-electron chi connectivity index (χ2n) is 7.57. The molecule has 152 valence electrons. The topological polar surface area (TPSA) is 82.5 Å². The van der Waals surface area contributed by atoms with Gasteiger partial charge in [-0.2, -0.15) is 0 Å². The molecule has 1 amide bonds. The minimum atomic E-state index is -0.867. The number of hydrogen-bond donors (Lipinski definition) is 1. The van der Waals surface area contributed by atoms with Crippen molar-refractivity contribution >= 4 is 28.0 Å². The van der Waals surface area contributed by atoms with Gasteiger partial charge < -0.3 is 19.4 Å². The molecular weight excluding hydrogens is 426 g/mol. The van der Waals surface area contributed by atoms with Crippen LogP contribution in [0.25, 0.3) is 0 Å². The number of benzene rings is 1. The van der Waals surface area contributed by atoms with E-state index in [9.17, 15) is 9.59 Å². The van der Waals surface area contributed by atoms with Crippen LogP contribution in [0.2, 0.25) is 0 Å². The maximum Gasteiger partial charge on any atom is 0.408 e. The maximum atomic E-state index is 12.5. The Morgan fingerprint density at radius 2 is 1.96 bits per heavy atom. The first-order chi connectivity index (χ1) is 13.0. The van der Waals surface area contributed by atoms with Gasteiger partial charge in [-0.1, -0.05) is 28.1 Å². The molecule has 0 radical (unpaired) electrons. The molecule has 28 heavy (non-hydrogen) atoms. The molecule has 1 N–H and O–H groups in total. The largest absolute Gasteiger partial charge is 0.460 e. The van der Waals surface area contributed by atoms with Gasteiger partial charge in [-0.05, 0) is 52.3 Å². The average Bonchev–Trinajstić information content (AvgIpc) is 3.01. The summed E-state index contributed by atoms with van der Waals surface area (Å²) in [6.07, 6.45) is 2.66.